The van der Waals surface area contributed by atoms with Crippen LogP contribution < -0.4 is 0 Å². The molecule has 3 aromatic rings. The number of rotatable bonds is 4. The van der Waals surface area contributed by atoms with Gasteiger partial charge in [0, 0.05) is 18.5 Å². The van der Waals surface area contributed by atoms with E-state index in [-0.39, 0.29) is 22.9 Å². The quantitative estimate of drug-likeness (QED) is 0.397. The Balaban J connectivity index is 1.74. The number of benzene rings is 1. The van der Waals surface area contributed by atoms with Gasteiger partial charge in [-0.1, -0.05) is 23.2 Å². The van der Waals surface area contributed by atoms with Crippen molar-refractivity contribution in [1.82, 2.24) is 9.38 Å². The van der Waals surface area contributed by atoms with Crippen molar-refractivity contribution in [3.8, 4) is 0 Å². The van der Waals surface area contributed by atoms with Gasteiger partial charge in [-0.25, -0.2) is 9.78 Å². The molecule has 0 aliphatic carbocycles. The summed E-state index contributed by atoms with van der Waals surface area (Å²) in [6.45, 7) is -0.0748. The van der Waals surface area contributed by atoms with E-state index < -0.39 is 10.9 Å². The van der Waals surface area contributed by atoms with Gasteiger partial charge < -0.3 is 9.14 Å². The fraction of sp³-hybridized carbons (Fsp3) is 0.0667. The minimum Gasteiger partial charge on any atom is -0.456 e. The van der Waals surface area contributed by atoms with Crippen LogP contribution in [0.4, 0.5) is 5.69 Å². The summed E-state index contributed by atoms with van der Waals surface area (Å²) in [4.78, 5) is 26.5. The number of pyridine rings is 1. The normalized spacial score (nSPS) is 10.8. The highest BCUT2D eigenvalue weighted by Crippen LogP contribution is 2.25. The van der Waals surface area contributed by atoms with Gasteiger partial charge in [-0.15, -0.1) is 0 Å². The Morgan fingerprint density at radius 3 is 2.79 bits per heavy atom. The number of esters is 1. The maximum Gasteiger partial charge on any atom is 0.338 e. The van der Waals surface area contributed by atoms with E-state index in [0.29, 0.717) is 16.4 Å². The van der Waals surface area contributed by atoms with Crippen molar-refractivity contribution in [3.63, 3.8) is 0 Å². The average molecular weight is 366 g/mol. The molecule has 0 saturated heterocycles. The molecule has 9 heteroatoms. The van der Waals surface area contributed by atoms with E-state index in [1.165, 1.54) is 12.1 Å². The predicted molar refractivity (Wildman–Crippen MR) is 87.4 cm³/mol. The van der Waals surface area contributed by atoms with E-state index in [4.69, 9.17) is 27.9 Å². The molecular formula is C15H9Cl2N3O4. The minimum absolute atomic E-state index is 0.0397. The summed E-state index contributed by atoms with van der Waals surface area (Å²) in [6, 6.07) is 7.15. The van der Waals surface area contributed by atoms with Gasteiger partial charge in [0.2, 0.25) is 0 Å². The summed E-state index contributed by atoms with van der Waals surface area (Å²) in [5.41, 5.74) is 0.869. The second-order valence-corrected chi connectivity index (χ2v) is 5.69. The van der Waals surface area contributed by atoms with E-state index in [2.05, 4.69) is 4.98 Å². The van der Waals surface area contributed by atoms with Crippen LogP contribution in [-0.4, -0.2) is 20.3 Å². The van der Waals surface area contributed by atoms with Crippen LogP contribution in [0.2, 0.25) is 10.0 Å². The number of halogens is 2. The van der Waals surface area contributed by atoms with Gasteiger partial charge >= 0.3 is 5.97 Å². The zero-order valence-corrected chi connectivity index (χ0v) is 13.5. The number of nitrogens with zero attached hydrogens (tertiary/aromatic N) is 3. The van der Waals surface area contributed by atoms with Crippen LogP contribution in [0.15, 0.2) is 42.7 Å². The molecule has 0 fully saturated rings. The van der Waals surface area contributed by atoms with Crippen molar-refractivity contribution in [1.29, 1.82) is 0 Å². The largest absolute Gasteiger partial charge is 0.456 e. The molecule has 2 aromatic heterocycles. The van der Waals surface area contributed by atoms with Crippen LogP contribution in [0, 0.1) is 10.1 Å². The molecule has 0 saturated carbocycles. The molecule has 122 valence electrons. The number of aromatic nitrogens is 2. The molecule has 0 aliphatic heterocycles. The second kappa shape index (κ2) is 6.46. The second-order valence-electron chi connectivity index (χ2n) is 4.84. The van der Waals surface area contributed by atoms with Crippen LogP contribution in [0.25, 0.3) is 5.65 Å². The number of imidazole rings is 1. The molecule has 0 unspecified atom stereocenters. The lowest BCUT2D eigenvalue weighted by Gasteiger charge is -2.03. The maximum absolute atomic E-state index is 12.0. The number of carbonyl (C=O) groups excluding carboxylic acids is 1. The number of nitro groups is 1. The maximum atomic E-state index is 12.0. The van der Waals surface area contributed by atoms with E-state index in [9.17, 15) is 14.9 Å². The highest BCUT2D eigenvalue weighted by molar-refractivity contribution is 6.32. The smallest absolute Gasteiger partial charge is 0.338 e. The Labute approximate surface area is 145 Å². The highest BCUT2D eigenvalue weighted by atomic mass is 35.5. The molecular weight excluding hydrogens is 357 g/mol. The first-order chi connectivity index (χ1) is 11.4. The third-order valence-corrected chi connectivity index (χ3v) is 3.74. The summed E-state index contributed by atoms with van der Waals surface area (Å²) in [6.07, 6.45) is 3.36. The Bertz CT molecular complexity index is 955. The number of ether oxygens (including phenoxy) is 1. The third kappa shape index (κ3) is 3.32. The van der Waals surface area contributed by atoms with E-state index >= 15 is 0 Å². The minimum atomic E-state index is -0.704. The number of carbonyl (C=O) groups is 1. The zero-order valence-electron chi connectivity index (χ0n) is 12.0. The Hall–Kier alpha value is -2.64. The fourth-order valence-electron chi connectivity index (χ4n) is 2.09. The van der Waals surface area contributed by atoms with Crippen LogP contribution in [-0.2, 0) is 11.3 Å². The number of fused-ring (bicyclic) bond motifs is 1. The molecule has 0 N–H and O–H groups in total. The number of hydrogen-bond acceptors (Lipinski definition) is 5. The van der Waals surface area contributed by atoms with Crippen LogP contribution in [0.1, 0.15) is 16.1 Å². The van der Waals surface area contributed by atoms with Gasteiger partial charge in [0.1, 0.15) is 17.3 Å². The molecule has 7 nitrogen and oxygen atoms in total. The van der Waals surface area contributed by atoms with Crippen molar-refractivity contribution in [3.05, 3.63) is 74.1 Å². The van der Waals surface area contributed by atoms with Crippen molar-refractivity contribution >= 4 is 40.5 Å². The molecule has 0 atom stereocenters. The van der Waals surface area contributed by atoms with Crippen LogP contribution in [0.5, 0.6) is 0 Å². The van der Waals surface area contributed by atoms with Gasteiger partial charge in [0.25, 0.3) is 5.69 Å². The topological polar surface area (TPSA) is 86.7 Å². The van der Waals surface area contributed by atoms with Crippen molar-refractivity contribution in [2.45, 2.75) is 6.61 Å². The fourth-order valence-corrected chi connectivity index (χ4v) is 2.44. The summed E-state index contributed by atoms with van der Waals surface area (Å²) in [7, 11) is 0. The monoisotopic (exact) mass is 365 g/mol. The van der Waals surface area contributed by atoms with E-state index in [1.54, 1.807) is 28.9 Å². The van der Waals surface area contributed by atoms with Crippen molar-refractivity contribution in [2.75, 3.05) is 0 Å². The lowest BCUT2D eigenvalue weighted by Crippen LogP contribution is -2.06. The Morgan fingerprint density at radius 1 is 1.25 bits per heavy atom. The number of hydrogen-bond donors (Lipinski definition) is 0. The van der Waals surface area contributed by atoms with E-state index in [0.717, 1.165) is 6.07 Å². The molecule has 0 bridgehead atoms. The van der Waals surface area contributed by atoms with E-state index in [1.807, 2.05) is 0 Å². The molecule has 24 heavy (non-hydrogen) atoms. The van der Waals surface area contributed by atoms with Gasteiger partial charge in [-0.05, 0) is 24.3 Å². The van der Waals surface area contributed by atoms with Crippen LogP contribution in [0.3, 0.4) is 0 Å². The molecule has 2 heterocycles. The van der Waals surface area contributed by atoms with Crippen molar-refractivity contribution < 1.29 is 14.5 Å². The van der Waals surface area contributed by atoms with Gasteiger partial charge in [-0.2, -0.15) is 0 Å². The molecule has 0 radical (unpaired) electrons. The molecule has 0 amide bonds. The summed E-state index contributed by atoms with van der Waals surface area (Å²) in [5, 5.41) is 11.4. The summed E-state index contributed by atoms with van der Waals surface area (Å²) < 4.78 is 6.84. The SMILES string of the molecule is O=C(OCc1cn2cc(Cl)ccc2n1)c1ccc(Cl)c([N+](=O)[O-])c1. The standard InChI is InChI=1S/C15H9Cl2N3O4/c16-10-2-4-14-18-11(7-19(14)6-10)8-24-15(21)9-1-3-12(17)13(5-9)20(22)23/h1-7H,8H2. The van der Waals surface area contributed by atoms with Gasteiger partial charge in [0.05, 0.1) is 21.2 Å². The van der Waals surface area contributed by atoms with Crippen LogP contribution >= 0.6 is 23.2 Å². The summed E-state index contributed by atoms with van der Waals surface area (Å²) in [5.74, 6) is -0.704. The predicted octanol–water partition coefficient (Wildman–Crippen LogP) is 3.91. The van der Waals surface area contributed by atoms with Crippen molar-refractivity contribution in [2.24, 2.45) is 0 Å². The number of nitro benzene ring substituents is 1. The third-order valence-electron chi connectivity index (χ3n) is 3.19. The molecule has 0 aliphatic rings. The summed E-state index contributed by atoms with van der Waals surface area (Å²) >= 11 is 11.6. The molecule has 3 rings (SSSR count). The lowest BCUT2D eigenvalue weighted by atomic mass is 10.2. The van der Waals surface area contributed by atoms with Gasteiger partial charge in [0.15, 0.2) is 0 Å². The first-order valence-electron chi connectivity index (χ1n) is 6.68. The lowest BCUT2D eigenvalue weighted by molar-refractivity contribution is -0.384. The first kappa shape index (κ1) is 16.2. The Kier molecular flexibility index (Phi) is 4.37. The first-order valence-corrected chi connectivity index (χ1v) is 7.44. The Morgan fingerprint density at radius 2 is 2.04 bits per heavy atom. The van der Waals surface area contributed by atoms with Gasteiger partial charge in [-0.3, -0.25) is 10.1 Å². The molecule has 1 aromatic carbocycles. The molecule has 0 spiro atoms. The average Bonchev–Trinajstić information content (AvgIpc) is 2.94. The zero-order chi connectivity index (χ0) is 17.3. The highest BCUT2D eigenvalue weighted by Gasteiger charge is 2.17.